The van der Waals surface area contributed by atoms with E-state index in [9.17, 15) is 9.59 Å². The number of hydrogen-bond donors (Lipinski definition) is 2. The lowest BCUT2D eigenvalue weighted by atomic mass is 10.1. The minimum Gasteiger partial charge on any atom is -0.369 e. The lowest BCUT2D eigenvalue weighted by Crippen LogP contribution is -2.36. The van der Waals surface area contributed by atoms with Crippen LogP contribution in [-0.4, -0.2) is 29.9 Å². The Balaban J connectivity index is 2.80. The van der Waals surface area contributed by atoms with Gasteiger partial charge in [0, 0.05) is 18.8 Å². The molecule has 0 aliphatic carbocycles. The molecule has 0 aliphatic heterocycles. The fourth-order valence-corrected chi connectivity index (χ4v) is 2.03. The standard InChI is InChI=1S/C15H23N3O2/c1-3-9-18(10-4-2)15(20)17-13-8-6-5-7-12(13)11-14(16)19/h5-8H,3-4,9-11H2,1-2H3,(H2,16,19)(H,17,20). The van der Waals surface area contributed by atoms with Crippen molar-refractivity contribution in [2.24, 2.45) is 5.73 Å². The van der Waals surface area contributed by atoms with Crippen LogP contribution >= 0.6 is 0 Å². The highest BCUT2D eigenvalue weighted by Crippen LogP contribution is 2.16. The highest BCUT2D eigenvalue weighted by molar-refractivity contribution is 5.91. The summed E-state index contributed by atoms with van der Waals surface area (Å²) in [6.07, 6.45) is 1.95. The van der Waals surface area contributed by atoms with Gasteiger partial charge >= 0.3 is 6.03 Å². The predicted octanol–water partition coefficient (Wildman–Crippen LogP) is 2.37. The first kappa shape index (κ1) is 16.0. The van der Waals surface area contributed by atoms with Crippen molar-refractivity contribution < 1.29 is 9.59 Å². The molecule has 0 spiro atoms. The molecule has 0 saturated heterocycles. The summed E-state index contributed by atoms with van der Waals surface area (Å²) in [6, 6.07) is 7.09. The Kier molecular flexibility index (Phi) is 6.56. The van der Waals surface area contributed by atoms with Gasteiger partial charge in [-0.2, -0.15) is 0 Å². The Hall–Kier alpha value is -2.04. The molecule has 0 atom stereocenters. The van der Waals surface area contributed by atoms with Gasteiger partial charge in [0.1, 0.15) is 0 Å². The average Bonchev–Trinajstić information content (AvgIpc) is 2.40. The van der Waals surface area contributed by atoms with Crippen molar-refractivity contribution in [1.29, 1.82) is 0 Å². The summed E-state index contributed by atoms with van der Waals surface area (Å²) >= 11 is 0. The molecule has 0 aromatic heterocycles. The van der Waals surface area contributed by atoms with Gasteiger partial charge < -0.3 is 16.0 Å². The number of para-hydroxylation sites is 1. The summed E-state index contributed by atoms with van der Waals surface area (Å²) < 4.78 is 0. The van der Waals surface area contributed by atoms with Gasteiger partial charge in [-0.1, -0.05) is 32.0 Å². The summed E-state index contributed by atoms with van der Waals surface area (Å²) in [6.45, 7) is 5.52. The molecule has 1 aromatic carbocycles. The molecule has 0 bridgehead atoms. The molecule has 20 heavy (non-hydrogen) atoms. The second-order valence-electron chi connectivity index (χ2n) is 4.72. The first-order chi connectivity index (χ1) is 9.58. The number of primary amides is 1. The van der Waals surface area contributed by atoms with Crippen molar-refractivity contribution in [1.82, 2.24) is 4.90 Å². The molecule has 1 rings (SSSR count). The van der Waals surface area contributed by atoms with Gasteiger partial charge in [-0.25, -0.2) is 4.79 Å². The van der Waals surface area contributed by atoms with E-state index in [0.717, 1.165) is 31.5 Å². The number of hydrogen-bond acceptors (Lipinski definition) is 2. The summed E-state index contributed by atoms with van der Waals surface area (Å²) in [5.74, 6) is -0.411. The monoisotopic (exact) mass is 277 g/mol. The van der Waals surface area contributed by atoms with Crippen molar-refractivity contribution >= 4 is 17.6 Å². The zero-order valence-corrected chi connectivity index (χ0v) is 12.2. The number of carbonyl (C=O) groups is 2. The molecule has 110 valence electrons. The summed E-state index contributed by atoms with van der Waals surface area (Å²) in [4.78, 5) is 25.1. The number of nitrogens with one attached hydrogen (secondary N) is 1. The van der Waals surface area contributed by atoms with Gasteiger partial charge in [-0.15, -0.1) is 0 Å². The Bertz CT molecular complexity index is 454. The molecular weight excluding hydrogens is 254 g/mol. The summed E-state index contributed by atoms with van der Waals surface area (Å²) in [5, 5.41) is 2.86. The van der Waals surface area contributed by atoms with Crippen molar-refractivity contribution in [3.63, 3.8) is 0 Å². The van der Waals surface area contributed by atoms with E-state index in [2.05, 4.69) is 5.32 Å². The van der Waals surface area contributed by atoms with Crippen molar-refractivity contribution in [3.05, 3.63) is 29.8 Å². The van der Waals surface area contributed by atoms with Gasteiger partial charge in [0.05, 0.1) is 6.42 Å². The normalized spacial score (nSPS) is 10.1. The van der Waals surface area contributed by atoms with Crippen LogP contribution in [0.2, 0.25) is 0 Å². The van der Waals surface area contributed by atoms with E-state index in [1.165, 1.54) is 0 Å². The topological polar surface area (TPSA) is 75.4 Å². The highest BCUT2D eigenvalue weighted by Gasteiger charge is 2.13. The van der Waals surface area contributed by atoms with Crippen LogP contribution < -0.4 is 11.1 Å². The number of nitrogens with two attached hydrogens (primary N) is 1. The van der Waals surface area contributed by atoms with Crippen LogP contribution in [0.3, 0.4) is 0 Å². The van der Waals surface area contributed by atoms with Gasteiger partial charge in [0.25, 0.3) is 0 Å². The molecule has 0 saturated carbocycles. The number of anilines is 1. The number of benzene rings is 1. The van der Waals surface area contributed by atoms with E-state index in [4.69, 9.17) is 5.73 Å². The van der Waals surface area contributed by atoms with Crippen molar-refractivity contribution in [2.45, 2.75) is 33.1 Å². The van der Waals surface area contributed by atoms with E-state index in [-0.39, 0.29) is 12.5 Å². The Morgan fingerprint density at radius 1 is 1.15 bits per heavy atom. The summed E-state index contributed by atoms with van der Waals surface area (Å²) in [7, 11) is 0. The Labute approximate surface area is 120 Å². The molecule has 5 nitrogen and oxygen atoms in total. The number of nitrogens with zero attached hydrogens (tertiary/aromatic N) is 1. The third-order valence-corrected chi connectivity index (χ3v) is 2.90. The maximum absolute atomic E-state index is 12.2. The largest absolute Gasteiger partial charge is 0.369 e. The molecule has 0 aliphatic rings. The van der Waals surface area contributed by atoms with Crippen LogP contribution in [0, 0.1) is 0 Å². The SMILES string of the molecule is CCCN(CCC)C(=O)Nc1ccccc1CC(N)=O. The Morgan fingerprint density at radius 2 is 1.75 bits per heavy atom. The van der Waals surface area contributed by atoms with E-state index in [0.29, 0.717) is 5.69 Å². The predicted molar refractivity (Wildman–Crippen MR) is 80.5 cm³/mol. The fraction of sp³-hybridized carbons (Fsp3) is 0.467. The number of carbonyl (C=O) groups excluding carboxylic acids is 2. The number of rotatable bonds is 7. The zero-order valence-electron chi connectivity index (χ0n) is 12.2. The maximum Gasteiger partial charge on any atom is 0.321 e. The first-order valence-corrected chi connectivity index (χ1v) is 7.00. The molecule has 0 unspecified atom stereocenters. The Morgan fingerprint density at radius 3 is 2.30 bits per heavy atom. The van der Waals surface area contributed by atoms with E-state index < -0.39 is 5.91 Å². The molecule has 0 fully saturated rings. The molecule has 0 radical (unpaired) electrons. The van der Waals surface area contributed by atoms with Crippen molar-refractivity contribution in [3.8, 4) is 0 Å². The van der Waals surface area contributed by atoms with Gasteiger partial charge in [-0.05, 0) is 24.5 Å². The molecule has 5 heteroatoms. The van der Waals surface area contributed by atoms with Crippen LogP contribution in [0.15, 0.2) is 24.3 Å². The van der Waals surface area contributed by atoms with Crippen LogP contribution in [0.5, 0.6) is 0 Å². The molecule has 1 aromatic rings. The van der Waals surface area contributed by atoms with E-state index >= 15 is 0 Å². The van der Waals surface area contributed by atoms with Crippen LogP contribution in [0.4, 0.5) is 10.5 Å². The first-order valence-electron chi connectivity index (χ1n) is 7.00. The van der Waals surface area contributed by atoms with Crippen LogP contribution in [0.1, 0.15) is 32.3 Å². The zero-order chi connectivity index (χ0) is 15.0. The van der Waals surface area contributed by atoms with Gasteiger partial charge in [0.2, 0.25) is 5.91 Å². The third kappa shape index (κ3) is 4.91. The molecule has 0 heterocycles. The second kappa shape index (κ2) is 8.19. The third-order valence-electron chi connectivity index (χ3n) is 2.90. The minimum atomic E-state index is -0.411. The maximum atomic E-state index is 12.2. The van der Waals surface area contributed by atoms with Crippen LogP contribution in [0.25, 0.3) is 0 Å². The molecule has 3 amide bonds. The smallest absolute Gasteiger partial charge is 0.321 e. The van der Waals surface area contributed by atoms with Crippen molar-refractivity contribution in [2.75, 3.05) is 18.4 Å². The van der Waals surface area contributed by atoms with Gasteiger partial charge in [0.15, 0.2) is 0 Å². The minimum absolute atomic E-state index is 0.123. The van der Waals surface area contributed by atoms with E-state index in [1.807, 2.05) is 26.0 Å². The number of amides is 3. The van der Waals surface area contributed by atoms with E-state index in [1.54, 1.807) is 17.0 Å². The van der Waals surface area contributed by atoms with Gasteiger partial charge in [-0.3, -0.25) is 4.79 Å². The number of urea groups is 1. The lowest BCUT2D eigenvalue weighted by molar-refractivity contribution is -0.117. The lowest BCUT2D eigenvalue weighted by Gasteiger charge is -2.22. The summed E-state index contributed by atoms with van der Waals surface area (Å²) in [5.41, 5.74) is 6.60. The fourth-order valence-electron chi connectivity index (χ4n) is 2.03. The highest BCUT2D eigenvalue weighted by atomic mass is 16.2. The van der Waals surface area contributed by atoms with Crippen LogP contribution in [-0.2, 0) is 11.2 Å². The average molecular weight is 277 g/mol. The second-order valence-corrected chi connectivity index (χ2v) is 4.72. The quantitative estimate of drug-likeness (QED) is 0.802. The molecular formula is C15H23N3O2. The molecule has 3 N–H and O–H groups in total.